The molecule has 0 saturated heterocycles. The van der Waals surface area contributed by atoms with Crippen LogP contribution in [0.15, 0.2) is 27.4 Å². The van der Waals surface area contributed by atoms with Gasteiger partial charge in [-0.3, -0.25) is 0 Å². The molecule has 1 aliphatic rings. The Labute approximate surface area is 160 Å². The van der Waals surface area contributed by atoms with Gasteiger partial charge in [0.15, 0.2) is 0 Å². The molecule has 0 radical (unpaired) electrons. The Morgan fingerprint density at radius 1 is 1.30 bits per heavy atom. The predicted molar refractivity (Wildman–Crippen MR) is 97.8 cm³/mol. The minimum atomic E-state index is -4.50. The lowest BCUT2D eigenvalue weighted by atomic mass is 9.82. The quantitative estimate of drug-likeness (QED) is 0.717. The Kier molecular flexibility index (Phi) is 6.59. The van der Waals surface area contributed by atoms with Gasteiger partial charge in [0.05, 0.1) is 5.56 Å². The number of hydrogen-bond donors (Lipinski definition) is 3. The van der Waals surface area contributed by atoms with Crippen LogP contribution in [0.2, 0.25) is 0 Å². The molecule has 1 unspecified atom stereocenters. The number of aromatic nitrogens is 2. The van der Waals surface area contributed by atoms with Crippen LogP contribution in [0, 0.1) is 5.92 Å². The lowest BCUT2D eigenvalue weighted by Gasteiger charge is -2.32. The normalized spacial score (nSPS) is 21.4. The van der Waals surface area contributed by atoms with E-state index < -0.39 is 17.5 Å². The first kappa shape index (κ1) is 21.3. The molecule has 2 aromatic rings. The van der Waals surface area contributed by atoms with E-state index in [1.54, 1.807) is 0 Å². The first-order valence-corrected chi connectivity index (χ1v) is 8.53. The number of halogens is 4. The summed E-state index contributed by atoms with van der Waals surface area (Å²) >= 11 is 0. The Morgan fingerprint density at radius 3 is 2.52 bits per heavy atom. The molecule has 1 aromatic heterocycles. The number of hydrogen-bond acceptors (Lipinski definition) is 5. The molecule has 1 atom stereocenters. The number of nitrogens with zero attached hydrogens (tertiary/aromatic N) is 1. The summed E-state index contributed by atoms with van der Waals surface area (Å²) in [5.41, 5.74) is 5.37. The fraction of sp³-hybridized carbons (Fsp3) is 0.529. The average Bonchev–Trinajstić information content (AvgIpc) is 3.01. The molecule has 1 aliphatic carbocycles. The lowest BCUT2D eigenvalue weighted by Crippen LogP contribution is -2.34. The Bertz CT molecular complexity index is 813. The smallest absolute Gasteiger partial charge is 0.388 e. The summed E-state index contributed by atoms with van der Waals surface area (Å²) < 4.78 is 45.0. The van der Waals surface area contributed by atoms with Crippen molar-refractivity contribution in [1.82, 2.24) is 10.2 Å². The van der Waals surface area contributed by atoms with Gasteiger partial charge in [-0.2, -0.15) is 13.2 Å². The van der Waals surface area contributed by atoms with Crippen LogP contribution < -0.4 is 16.8 Å². The summed E-state index contributed by atoms with van der Waals surface area (Å²) in [6, 6.07) is 3.54. The van der Waals surface area contributed by atoms with Gasteiger partial charge in [0.1, 0.15) is 0 Å². The van der Waals surface area contributed by atoms with Crippen molar-refractivity contribution in [2.24, 2.45) is 11.7 Å². The number of anilines is 1. The summed E-state index contributed by atoms with van der Waals surface area (Å²) in [6.45, 7) is 1.88. The number of nitrogens with one attached hydrogen (secondary N) is 2. The maximum Gasteiger partial charge on any atom is 0.434 e. The monoisotopic (exact) mass is 406 g/mol. The second-order valence-electron chi connectivity index (χ2n) is 6.78. The molecular formula is C17H22ClF3N4O2. The maximum atomic E-state index is 13.4. The lowest BCUT2D eigenvalue weighted by molar-refractivity contribution is -0.137. The first-order chi connectivity index (χ1) is 12.2. The second kappa shape index (κ2) is 8.35. The number of alkyl halides is 3. The van der Waals surface area contributed by atoms with E-state index in [1.807, 2.05) is 6.92 Å². The molecule has 10 heteroatoms. The van der Waals surface area contributed by atoms with E-state index in [0.717, 1.165) is 31.7 Å². The third kappa shape index (κ3) is 5.04. The zero-order valence-corrected chi connectivity index (χ0v) is 15.5. The van der Waals surface area contributed by atoms with Gasteiger partial charge >= 0.3 is 11.9 Å². The van der Waals surface area contributed by atoms with Crippen LogP contribution in [-0.4, -0.2) is 22.3 Å². The largest absolute Gasteiger partial charge is 0.434 e. The Morgan fingerprint density at radius 2 is 1.96 bits per heavy atom. The van der Waals surface area contributed by atoms with Crippen molar-refractivity contribution < 1.29 is 17.6 Å². The van der Waals surface area contributed by atoms with Crippen molar-refractivity contribution in [1.29, 1.82) is 0 Å². The third-order valence-corrected chi connectivity index (χ3v) is 4.92. The van der Waals surface area contributed by atoms with E-state index in [-0.39, 0.29) is 47.6 Å². The molecule has 4 N–H and O–H groups in total. The molecule has 1 aromatic carbocycles. The molecule has 0 aliphatic heterocycles. The fourth-order valence-corrected chi connectivity index (χ4v) is 3.41. The molecular weight excluding hydrogens is 385 g/mol. The van der Waals surface area contributed by atoms with Gasteiger partial charge in [-0.1, -0.05) is 0 Å². The predicted octanol–water partition coefficient (Wildman–Crippen LogP) is 3.79. The molecule has 0 spiro atoms. The van der Waals surface area contributed by atoms with Gasteiger partial charge in [0.25, 0.3) is 0 Å². The highest BCUT2D eigenvalue weighted by Gasteiger charge is 2.35. The Hall–Kier alpha value is -2.00. The maximum absolute atomic E-state index is 13.4. The molecule has 6 nitrogen and oxygen atoms in total. The highest BCUT2D eigenvalue weighted by atomic mass is 35.5. The zero-order chi connectivity index (χ0) is 18.9. The standard InChI is InChI=1S/C17H21F3N4O2.ClH/c1-9(10-2-5-12(21)6-3-10)22-14-8-11(15-23-24-16(25)26-15)4-7-13(14)17(18,19)20;/h4,7-10,12,22H,2-3,5-6,21H2,1H3,(H,24,25);1H/t9?,10-,12-;. The highest BCUT2D eigenvalue weighted by Crippen LogP contribution is 2.38. The average molecular weight is 407 g/mol. The minimum Gasteiger partial charge on any atom is -0.388 e. The number of aromatic amines is 1. The van der Waals surface area contributed by atoms with Crippen LogP contribution in [0.4, 0.5) is 18.9 Å². The molecule has 27 heavy (non-hydrogen) atoms. The van der Waals surface area contributed by atoms with Gasteiger partial charge in [0.2, 0.25) is 5.89 Å². The topological polar surface area (TPSA) is 96.9 Å². The number of rotatable bonds is 4. The molecule has 1 saturated carbocycles. The second-order valence-corrected chi connectivity index (χ2v) is 6.78. The SMILES string of the molecule is CC(Nc1cc(-c2n[nH]c(=O)o2)ccc1C(F)(F)F)[C@H]1CC[C@H](N)CC1.Cl. The zero-order valence-electron chi connectivity index (χ0n) is 14.7. The van der Waals surface area contributed by atoms with Crippen molar-refractivity contribution >= 4 is 18.1 Å². The van der Waals surface area contributed by atoms with Crippen LogP contribution in [0.3, 0.4) is 0 Å². The van der Waals surface area contributed by atoms with Gasteiger partial charge in [-0.25, -0.2) is 9.89 Å². The van der Waals surface area contributed by atoms with Gasteiger partial charge in [-0.05, 0) is 56.7 Å². The fourth-order valence-electron chi connectivity index (χ4n) is 3.41. The number of nitrogens with two attached hydrogens (primary N) is 1. The number of H-pyrrole nitrogens is 1. The van der Waals surface area contributed by atoms with Crippen LogP contribution in [0.1, 0.15) is 38.2 Å². The van der Waals surface area contributed by atoms with E-state index in [1.165, 1.54) is 12.1 Å². The van der Waals surface area contributed by atoms with Gasteiger partial charge in [0, 0.05) is 23.3 Å². The van der Waals surface area contributed by atoms with Gasteiger partial charge in [-0.15, -0.1) is 17.5 Å². The van der Waals surface area contributed by atoms with Crippen molar-refractivity contribution in [3.05, 3.63) is 34.3 Å². The summed E-state index contributed by atoms with van der Waals surface area (Å²) in [5, 5.41) is 8.77. The van der Waals surface area contributed by atoms with Gasteiger partial charge < -0.3 is 15.5 Å². The third-order valence-electron chi connectivity index (χ3n) is 4.92. The van der Waals surface area contributed by atoms with Crippen molar-refractivity contribution in [2.75, 3.05) is 5.32 Å². The molecule has 0 bridgehead atoms. The Balaban J connectivity index is 0.00000261. The van der Waals surface area contributed by atoms with Crippen LogP contribution in [0.5, 0.6) is 0 Å². The van der Waals surface area contributed by atoms with E-state index in [2.05, 4.69) is 15.5 Å². The van der Waals surface area contributed by atoms with E-state index >= 15 is 0 Å². The van der Waals surface area contributed by atoms with Crippen LogP contribution in [0.25, 0.3) is 11.5 Å². The summed E-state index contributed by atoms with van der Waals surface area (Å²) in [4.78, 5) is 11.1. The van der Waals surface area contributed by atoms with Crippen molar-refractivity contribution in [3.8, 4) is 11.5 Å². The molecule has 3 rings (SSSR count). The van der Waals surface area contributed by atoms with Crippen molar-refractivity contribution in [3.63, 3.8) is 0 Å². The minimum absolute atomic E-state index is 0. The first-order valence-electron chi connectivity index (χ1n) is 8.53. The van der Waals surface area contributed by atoms with Crippen LogP contribution in [-0.2, 0) is 6.18 Å². The highest BCUT2D eigenvalue weighted by molar-refractivity contribution is 5.85. The molecule has 1 fully saturated rings. The summed E-state index contributed by atoms with van der Waals surface area (Å²) in [7, 11) is 0. The van der Waals surface area contributed by atoms with E-state index in [4.69, 9.17) is 10.2 Å². The number of benzene rings is 1. The summed E-state index contributed by atoms with van der Waals surface area (Å²) in [5.74, 6) is -0.563. The molecule has 150 valence electrons. The van der Waals surface area contributed by atoms with E-state index in [0.29, 0.717) is 0 Å². The molecule has 1 heterocycles. The summed E-state index contributed by atoms with van der Waals surface area (Å²) in [6.07, 6.45) is -0.986. The molecule has 0 amide bonds. The van der Waals surface area contributed by atoms with Crippen molar-refractivity contribution in [2.45, 2.75) is 50.9 Å². The van der Waals surface area contributed by atoms with E-state index in [9.17, 15) is 18.0 Å². The van der Waals surface area contributed by atoms with Crippen LogP contribution >= 0.6 is 12.4 Å².